The lowest BCUT2D eigenvalue weighted by molar-refractivity contribution is -0.597. The van der Waals surface area contributed by atoms with Crippen LogP contribution in [0.25, 0.3) is 28.0 Å². The number of nitrogens with zero attached hydrogens (tertiary/aromatic N) is 4. The van der Waals surface area contributed by atoms with Gasteiger partial charge in [0.1, 0.15) is 5.69 Å². The maximum absolute atomic E-state index is 6.39. The summed E-state index contributed by atoms with van der Waals surface area (Å²) < 4.78 is 18.7. The van der Waals surface area contributed by atoms with Crippen molar-refractivity contribution in [2.75, 3.05) is 45.4 Å². The second-order valence-electron chi connectivity index (χ2n) is 7.83. The number of fused-ring (bicyclic) bond motifs is 1. The minimum Gasteiger partial charge on any atom is -0.493 e. The second kappa shape index (κ2) is 8.88. The topological polar surface area (TPSA) is 76.4 Å². The Morgan fingerprint density at radius 2 is 1.82 bits per heavy atom. The summed E-state index contributed by atoms with van der Waals surface area (Å²) in [5.41, 5.74) is 2.86. The molecule has 5 rings (SSSR count). The number of benzene rings is 2. The number of hydrogen-bond donors (Lipinski definition) is 1. The van der Waals surface area contributed by atoms with Crippen LogP contribution in [0.15, 0.2) is 42.5 Å². The standard InChI is InChI=1S/C24H25ClN5O3/c1-15-11-17-13-20(31-2)21(32-3)14-19(17)22(16-5-4-6-18(25)12-16)30(15)24-26-23(27-28-24)29-7-9-33-10-8-29/h4-6,11-14H,7-10H2,1-3H3,(H,26,27,28)/q+1. The highest BCUT2D eigenvalue weighted by molar-refractivity contribution is 6.30. The average molecular weight is 467 g/mol. The zero-order chi connectivity index (χ0) is 22.9. The highest BCUT2D eigenvalue weighted by Crippen LogP contribution is 2.37. The number of morpholine rings is 1. The van der Waals surface area contributed by atoms with Crippen LogP contribution in [0.3, 0.4) is 0 Å². The Bertz CT molecular complexity index is 1320. The number of aromatic nitrogens is 4. The number of ether oxygens (including phenoxy) is 3. The average Bonchev–Trinajstić information content (AvgIpc) is 3.32. The third kappa shape index (κ3) is 3.96. The van der Waals surface area contributed by atoms with E-state index in [9.17, 15) is 0 Å². The van der Waals surface area contributed by atoms with E-state index in [0.717, 1.165) is 40.8 Å². The molecule has 1 fully saturated rings. The molecule has 3 heterocycles. The number of anilines is 1. The molecule has 0 atom stereocenters. The van der Waals surface area contributed by atoms with Gasteiger partial charge in [0.25, 0.3) is 0 Å². The van der Waals surface area contributed by atoms with Crippen LogP contribution in [0.1, 0.15) is 5.69 Å². The third-order valence-electron chi connectivity index (χ3n) is 5.82. The van der Waals surface area contributed by atoms with Crippen LogP contribution < -0.4 is 18.9 Å². The van der Waals surface area contributed by atoms with Crippen LogP contribution in [0, 0.1) is 6.92 Å². The predicted molar refractivity (Wildman–Crippen MR) is 127 cm³/mol. The second-order valence-corrected chi connectivity index (χ2v) is 8.27. The molecular weight excluding hydrogens is 442 g/mol. The summed E-state index contributed by atoms with van der Waals surface area (Å²) >= 11 is 6.39. The van der Waals surface area contributed by atoms with Gasteiger partial charge in [0.2, 0.25) is 0 Å². The maximum Gasteiger partial charge on any atom is 0.424 e. The van der Waals surface area contributed by atoms with Crippen molar-refractivity contribution < 1.29 is 18.8 Å². The smallest absolute Gasteiger partial charge is 0.424 e. The van der Waals surface area contributed by atoms with Crippen LogP contribution in [0.4, 0.5) is 5.95 Å². The van der Waals surface area contributed by atoms with E-state index in [0.29, 0.717) is 41.6 Å². The van der Waals surface area contributed by atoms with E-state index >= 15 is 0 Å². The van der Waals surface area contributed by atoms with Gasteiger partial charge in [-0.05, 0) is 47.6 Å². The molecule has 1 aliphatic rings. The van der Waals surface area contributed by atoms with Gasteiger partial charge in [-0.3, -0.25) is 0 Å². The zero-order valence-corrected chi connectivity index (χ0v) is 19.5. The summed E-state index contributed by atoms with van der Waals surface area (Å²) in [4.78, 5) is 6.95. The van der Waals surface area contributed by atoms with Gasteiger partial charge in [-0.1, -0.05) is 28.8 Å². The summed E-state index contributed by atoms with van der Waals surface area (Å²) in [6.45, 7) is 4.90. The molecule has 2 aromatic carbocycles. The number of rotatable bonds is 5. The summed E-state index contributed by atoms with van der Waals surface area (Å²) in [5.74, 6) is 2.61. The first-order chi connectivity index (χ1) is 16.1. The first-order valence-electron chi connectivity index (χ1n) is 10.7. The number of hydrogen-bond acceptors (Lipinski definition) is 6. The fraction of sp³-hybridized carbons (Fsp3) is 0.292. The predicted octanol–water partition coefficient (Wildman–Crippen LogP) is 3.72. The highest BCUT2D eigenvalue weighted by Gasteiger charge is 2.27. The first-order valence-corrected chi connectivity index (χ1v) is 11.1. The van der Waals surface area contributed by atoms with E-state index in [1.54, 1.807) is 14.2 Å². The number of H-pyrrole nitrogens is 1. The lowest BCUT2D eigenvalue weighted by Gasteiger charge is -2.23. The SMILES string of the molecule is COc1cc2cc(C)[n+](-c3nc(N4CCOCC4)n[nH]3)c(-c3cccc(Cl)c3)c2cc1OC. The fourth-order valence-corrected chi connectivity index (χ4v) is 4.44. The first kappa shape index (κ1) is 21.5. The number of aryl methyl sites for hydroxylation is 1. The van der Waals surface area contributed by atoms with Gasteiger partial charge in [-0.25, -0.2) is 0 Å². The van der Waals surface area contributed by atoms with E-state index in [-0.39, 0.29) is 0 Å². The monoisotopic (exact) mass is 466 g/mol. The van der Waals surface area contributed by atoms with Crippen molar-refractivity contribution in [1.82, 2.24) is 15.2 Å². The summed E-state index contributed by atoms with van der Waals surface area (Å²) in [5, 5.41) is 10.3. The Morgan fingerprint density at radius 1 is 1.06 bits per heavy atom. The maximum atomic E-state index is 6.39. The van der Waals surface area contributed by atoms with Gasteiger partial charge in [0, 0.05) is 29.1 Å². The molecule has 0 amide bonds. The summed E-state index contributed by atoms with van der Waals surface area (Å²) in [6.07, 6.45) is 0. The Balaban J connectivity index is 1.77. The van der Waals surface area contributed by atoms with Crippen molar-refractivity contribution in [3.8, 4) is 28.7 Å². The number of pyridine rings is 1. The van der Waals surface area contributed by atoms with Crippen molar-refractivity contribution in [2.45, 2.75) is 6.92 Å². The molecule has 0 spiro atoms. The molecule has 9 heteroatoms. The molecule has 8 nitrogen and oxygen atoms in total. The number of methoxy groups -OCH3 is 2. The Kier molecular flexibility index (Phi) is 5.78. The van der Waals surface area contributed by atoms with Crippen LogP contribution >= 0.6 is 11.6 Å². The molecule has 2 aromatic heterocycles. The molecule has 1 saturated heterocycles. The molecule has 4 aromatic rings. The molecule has 0 radical (unpaired) electrons. The Labute approximate surface area is 196 Å². The van der Waals surface area contributed by atoms with Crippen molar-refractivity contribution in [1.29, 1.82) is 0 Å². The van der Waals surface area contributed by atoms with Crippen LogP contribution in [-0.4, -0.2) is 55.7 Å². The van der Waals surface area contributed by atoms with E-state index in [1.807, 2.05) is 43.3 Å². The molecule has 1 N–H and O–H groups in total. The largest absolute Gasteiger partial charge is 0.493 e. The van der Waals surface area contributed by atoms with Gasteiger partial charge < -0.3 is 19.1 Å². The van der Waals surface area contributed by atoms with E-state index < -0.39 is 0 Å². The Hall–Kier alpha value is -3.36. The lowest BCUT2D eigenvalue weighted by Crippen LogP contribution is -2.39. The summed E-state index contributed by atoms with van der Waals surface area (Å²) in [7, 11) is 3.27. The van der Waals surface area contributed by atoms with Gasteiger partial charge >= 0.3 is 11.9 Å². The number of halogens is 1. The van der Waals surface area contributed by atoms with Crippen molar-refractivity contribution in [3.63, 3.8) is 0 Å². The molecular formula is C24H25ClN5O3+. The van der Waals surface area contributed by atoms with Crippen molar-refractivity contribution >= 4 is 28.3 Å². The van der Waals surface area contributed by atoms with Crippen molar-refractivity contribution in [3.05, 3.63) is 53.2 Å². The molecule has 0 aliphatic carbocycles. The molecule has 0 saturated carbocycles. The van der Waals surface area contributed by atoms with Crippen molar-refractivity contribution in [2.24, 2.45) is 0 Å². The Morgan fingerprint density at radius 3 is 2.55 bits per heavy atom. The molecule has 0 bridgehead atoms. The van der Waals surface area contributed by atoms with Gasteiger partial charge in [0.15, 0.2) is 11.5 Å². The third-order valence-corrected chi connectivity index (χ3v) is 6.05. The summed E-state index contributed by atoms with van der Waals surface area (Å²) in [6, 6.07) is 13.9. The van der Waals surface area contributed by atoms with E-state index in [1.165, 1.54) is 0 Å². The number of aromatic amines is 1. The minimum atomic E-state index is 0.626. The van der Waals surface area contributed by atoms with Crippen LogP contribution in [0.5, 0.6) is 11.5 Å². The quantitative estimate of drug-likeness (QED) is 0.452. The number of nitrogens with one attached hydrogen (secondary N) is 1. The van der Waals surface area contributed by atoms with Gasteiger partial charge in [-0.2, -0.15) is 4.57 Å². The molecule has 170 valence electrons. The minimum absolute atomic E-state index is 0.626. The molecule has 33 heavy (non-hydrogen) atoms. The van der Waals surface area contributed by atoms with E-state index in [2.05, 4.69) is 25.7 Å². The normalized spacial score (nSPS) is 14.0. The van der Waals surface area contributed by atoms with Gasteiger partial charge in [-0.15, -0.1) is 5.10 Å². The lowest BCUT2D eigenvalue weighted by atomic mass is 10.0. The fourth-order valence-electron chi connectivity index (χ4n) is 4.25. The van der Waals surface area contributed by atoms with Gasteiger partial charge in [0.05, 0.1) is 33.1 Å². The van der Waals surface area contributed by atoms with E-state index in [4.69, 9.17) is 30.8 Å². The molecule has 1 aliphatic heterocycles. The molecule has 0 unspecified atom stereocenters. The van der Waals surface area contributed by atoms with Crippen LogP contribution in [-0.2, 0) is 4.74 Å². The zero-order valence-electron chi connectivity index (χ0n) is 18.8. The highest BCUT2D eigenvalue weighted by atomic mass is 35.5. The van der Waals surface area contributed by atoms with Crippen LogP contribution in [0.2, 0.25) is 5.02 Å².